The van der Waals surface area contributed by atoms with Gasteiger partial charge < -0.3 is 9.84 Å². The summed E-state index contributed by atoms with van der Waals surface area (Å²) in [6.45, 7) is 0. The van der Waals surface area contributed by atoms with Crippen LogP contribution in [-0.2, 0) is 14.3 Å². The molecule has 4 heteroatoms. The van der Waals surface area contributed by atoms with Gasteiger partial charge in [0, 0.05) is 0 Å². The predicted molar refractivity (Wildman–Crippen MR) is 40.5 cm³/mol. The molecular weight excluding hydrogens is 160 g/mol. The maximum Gasteiger partial charge on any atom is 0.327 e. The van der Waals surface area contributed by atoms with Gasteiger partial charge in [0.2, 0.25) is 0 Å². The van der Waals surface area contributed by atoms with Crippen LogP contribution in [0.3, 0.4) is 0 Å². The molecule has 0 radical (unpaired) electrons. The van der Waals surface area contributed by atoms with Crippen molar-refractivity contribution in [1.29, 1.82) is 0 Å². The lowest BCUT2D eigenvalue weighted by Crippen LogP contribution is -2.36. The highest BCUT2D eigenvalue weighted by atomic mass is 16.5. The second kappa shape index (κ2) is 2.97. The molecule has 1 unspecified atom stereocenters. The number of ether oxygens (including phenoxy) is 1. The van der Waals surface area contributed by atoms with Gasteiger partial charge in [0.1, 0.15) is 0 Å². The lowest BCUT2D eigenvalue weighted by Gasteiger charge is -2.18. The number of methoxy groups -OCH3 is 1. The van der Waals surface area contributed by atoms with E-state index in [4.69, 9.17) is 5.11 Å². The van der Waals surface area contributed by atoms with Gasteiger partial charge in [-0.3, -0.25) is 9.59 Å². The summed E-state index contributed by atoms with van der Waals surface area (Å²) in [7, 11) is 1.19. The van der Waals surface area contributed by atoms with Crippen molar-refractivity contribution in [3.8, 4) is 0 Å². The molecule has 0 aromatic carbocycles. The van der Waals surface area contributed by atoms with Gasteiger partial charge in [-0.2, -0.15) is 0 Å². The zero-order valence-corrected chi connectivity index (χ0v) is 6.74. The Balaban J connectivity index is 2.95. The van der Waals surface area contributed by atoms with E-state index in [1.54, 1.807) is 6.08 Å². The molecule has 0 bridgehead atoms. The molecule has 0 aromatic heterocycles. The molecule has 0 aromatic rings. The molecule has 0 aliphatic heterocycles. The third-order valence-electron chi connectivity index (χ3n) is 2.04. The zero-order valence-electron chi connectivity index (χ0n) is 6.74. The lowest BCUT2D eigenvalue weighted by atomic mass is 9.88. The zero-order chi connectivity index (χ0) is 9.19. The average Bonchev–Trinajstić information content (AvgIpc) is 2.52. The fraction of sp³-hybridized carbons (Fsp3) is 0.500. The lowest BCUT2D eigenvalue weighted by molar-refractivity contribution is -0.162. The van der Waals surface area contributed by atoms with Crippen molar-refractivity contribution in [1.82, 2.24) is 0 Å². The molecule has 1 rings (SSSR count). The van der Waals surface area contributed by atoms with Crippen molar-refractivity contribution in [3.63, 3.8) is 0 Å². The Kier molecular flexibility index (Phi) is 2.17. The number of allylic oxidation sites excluding steroid dienone is 1. The number of carboxylic acid groups (broad SMARTS) is 1. The Morgan fingerprint density at radius 3 is 2.58 bits per heavy atom. The Morgan fingerprint density at radius 1 is 1.58 bits per heavy atom. The SMILES string of the molecule is COC(=O)C1(C(=O)O)C=CCC1. The van der Waals surface area contributed by atoms with E-state index in [0.717, 1.165) is 0 Å². The smallest absolute Gasteiger partial charge is 0.327 e. The fourth-order valence-electron chi connectivity index (χ4n) is 1.30. The second-order valence-corrected chi connectivity index (χ2v) is 2.71. The standard InChI is InChI=1S/C8H10O4/c1-12-7(11)8(6(9)10)4-2-3-5-8/h2,4H,3,5H2,1H3,(H,9,10). The molecule has 66 valence electrons. The van der Waals surface area contributed by atoms with Crippen LogP contribution >= 0.6 is 0 Å². The molecule has 0 heterocycles. The third kappa shape index (κ3) is 1.09. The highest BCUT2D eigenvalue weighted by molar-refractivity contribution is 6.01. The van der Waals surface area contributed by atoms with Gasteiger partial charge >= 0.3 is 11.9 Å². The molecule has 0 spiro atoms. The maximum atomic E-state index is 11.1. The van der Waals surface area contributed by atoms with Crippen LogP contribution < -0.4 is 0 Å². The van der Waals surface area contributed by atoms with Crippen molar-refractivity contribution in [2.24, 2.45) is 5.41 Å². The molecule has 0 fully saturated rings. The number of esters is 1. The van der Waals surface area contributed by atoms with Crippen LogP contribution in [0.25, 0.3) is 0 Å². The van der Waals surface area contributed by atoms with Gasteiger partial charge in [-0.25, -0.2) is 0 Å². The summed E-state index contributed by atoms with van der Waals surface area (Å²) in [5, 5.41) is 8.81. The summed E-state index contributed by atoms with van der Waals surface area (Å²) in [6, 6.07) is 0. The van der Waals surface area contributed by atoms with Crippen molar-refractivity contribution in [2.75, 3.05) is 7.11 Å². The Bertz CT molecular complexity index is 243. The van der Waals surface area contributed by atoms with Crippen LogP contribution in [0.2, 0.25) is 0 Å². The third-order valence-corrected chi connectivity index (χ3v) is 2.04. The molecule has 0 saturated heterocycles. The minimum atomic E-state index is -1.42. The van der Waals surface area contributed by atoms with Crippen LogP contribution in [0.4, 0.5) is 0 Å². The first-order chi connectivity index (χ1) is 5.63. The quantitative estimate of drug-likeness (QED) is 0.374. The number of rotatable bonds is 2. The topological polar surface area (TPSA) is 63.6 Å². The Labute approximate surface area is 69.8 Å². The minimum Gasteiger partial charge on any atom is -0.480 e. The Morgan fingerprint density at radius 2 is 2.25 bits per heavy atom. The number of carbonyl (C=O) groups is 2. The molecule has 0 saturated carbocycles. The summed E-state index contributed by atoms with van der Waals surface area (Å²) < 4.78 is 4.43. The summed E-state index contributed by atoms with van der Waals surface area (Å²) >= 11 is 0. The Hall–Kier alpha value is -1.32. The molecule has 1 N–H and O–H groups in total. The number of hydrogen-bond donors (Lipinski definition) is 1. The highest BCUT2D eigenvalue weighted by Gasteiger charge is 2.46. The molecule has 1 aliphatic rings. The number of aliphatic carboxylic acids is 1. The second-order valence-electron chi connectivity index (χ2n) is 2.71. The summed E-state index contributed by atoms with van der Waals surface area (Å²) in [4.78, 5) is 21.9. The summed E-state index contributed by atoms with van der Waals surface area (Å²) in [5.74, 6) is -1.83. The van der Waals surface area contributed by atoms with Gasteiger partial charge in [-0.1, -0.05) is 12.2 Å². The number of carbonyl (C=O) groups excluding carboxylic acids is 1. The van der Waals surface area contributed by atoms with Crippen molar-refractivity contribution < 1.29 is 19.4 Å². The predicted octanol–water partition coefficient (Wildman–Crippen LogP) is 0.580. The fourth-order valence-corrected chi connectivity index (χ4v) is 1.30. The van der Waals surface area contributed by atoms with E-state index in [9.17, 15) is 9.59 Å². The number of carboxylic acids is 1. The molecular formula is C8H10O4. The van der Waals surface area contributed by atoms with Gasteiger partial charge in [-0.05, 0) is 12.8 Å². The molecule has 12 heavy (non-hydrogen) atoms. The van der Waals surface area contributed by atoms with E-state index in [2.05, 4.69) is 4.74 Å². The first kappa shape index (κ1) is 8.77. The first-order valence-electron chi connectivity index (χ1n) is 3.63. The first-order valence-corrected chi connectivity index (χ1v) is 3.63. The molecule has 1 aliphatic carbocycles. The number of hydrogen-bond acceptors (Lipinski definition) is 3. The minimum absolute atomic E-state index is 0.301. The molecule has 1 atom stereocenters. The van der Waals surface area contributed by atoms with E-state index in [1.165, 1.54) is 13.2 Å². The summed E-state index contributed by atoms with van der Waals surface area (Å²) in [5.41, 5.74) is -1.42. The van der Waals surface area contributed by atoms with Gasteiger partial charge in [0.25, 0.3) is 0 Å². The van der Waals surface area contributed by atoms with E-state index in [-0.39, 0.29) is 0 Å². The van der Waals surface area contributed by atoms with Gasteiger partial charge in [-0.15, -0.1) is 0 Å². The largest absolute Gasteiger partial charge is 0.480 e. The van der Waals surface area contributed by atoms with Crippen LogP contribution in [0, 0.1) is 5.41 Å². The van der Waals surface area contributed by atoms with E-state index < -0.39 is 17.4 Å². The van der Waals surface area contributed by atoms with Crippen LogP contribution in [0.5, 0.6) is 0 Å². The van der Waals surface area contributed by atoms with Gasteiger partial charge in [0.05, 0.1) is 7.11 Å². The maximum absolute atomic E-state index is 11.1. The van der Waals surface area contributed by atoms with E-state index >= 15 is 0 Å². The van der Waals surface area contributed by atoms with E-state index in [1.807, 2.05) is 0 Å². The van der Waals surface area contributed by atoms with Crippen LogP contribution in [0.15, 0.2) is 12.2 Å². The average molecular weight is 170 g/mol. The van der Waals surface area contributed by atoms with Gasteiger partial charge in [0.15, 0.2) is 5.41 Å². The van der Waals surface area contributed by atoms with Crippen molar-refractivity contribution >= 4 is 11.9 Å². The van der Waals surface area contributed by atoms with Crippen molar-refractivity contribution in [3.05, 3.63) is 12.2 Å². The molecule has 4 nitrogen and oxygen atoms in total. The van der Waals surface area contributed by atoms with Crippen LogP contribution in [-0.4, -0.2) is 24.2 Å². The molecule has 0 amide bonds. The van der Waals surface area contributed by atoms with E-state index in [0.29, 0.717) is 12.8 Å². The normalized spacial score (nSPS) is 27.1. The van der Waals surface area contributed by atoms with Crippen molar-refractivity contribution in [2.45, 2.75) is 12.8 Å². The highest BCUT2D eigenvalue weighted by Crippen LogP contribution is 2.33. The summed E-state index contributed by atoms with van der Waals surface area (Å²) in [6.07, 6.45) is 4.00. The monoisotopic (exact) mass is 170 g/mol. The van der Waals surface area contributed by atoms with Crippen LogP contribution in [0.1, 0.15) is 12.8 Å².